The third-order valence-electron chi connectivity index (χ3n) is 2.46. The van der Waals surface area contributed by atoms with Crippen LogP contribution in [0.15, 0.2) is 42.5 Å². The van der Waals surface area contributed by atoms with E-state index in [0.717, 1.165) is 22.5 Å². The summed E-state index contributed by atoms with van der Waals surface area (Å²) >= 11 is 0. The molecule has 0 aliphatic rings. The number of nitrogens with zero attached hydrogens (tertiary/aromatic N) is 1. The van der Waals surface area contributed by atoms with E-state index in [0.29, 0.717) is 0 Å². The summed E-state index contributed by atoms with van der Waals surface area (Å²) < 4.78 is 0. The Morgan fingerprint density at radius 3 is 2.28 bits per heavy atom. The van der Waals surface area contributed by atoms with Gasteiger partial charge in [0.15, 0.2) is 0 Å². The quantitative estimate of drug-likeness (QED) is 0.652. The highest BCUT2D eigenvalue weighted by molar-refractivity contribution is 5.90. The largest absolute Gasteiger partial charge is 0.478 e. The first-order valence-corrected chi connectivity index (χ1v) is 5.66. The monoisotopic (exact) mass is 243 g/mol. The SMILES string of the molecule is C=C(/C=C\C(=C/C)c1cc(C)nc(C)c1)C(=O)O. The van der Waals surface area contributed by atoms with Crippen molar-refractivity contribution in [3.63, 3.8) is 0 Å². The lowest BCUT2D eigenvalue weighted by molar-refractivity contribution is -0.132. The molecule has 94 valence electrons. The van der Waals surface area contributed by atoms with E-state index in [1.54, 1.807) is 6.08 Å². The fourth-order valence-electron chi connectivity index (χ4n) is 1.62. The van der Waals surface area contributed by atoms with Gasteiger partial charge >= 0.3 is 5.97 Å². The first-order valence-electron chi connectivity index (χ1n) is 5.66. The molecule has 0 bridgehead atoms. The van der Waals surface area contributed by atoms with Crippen LogP contribution in [0.25, 0.3) is 5.57 Å². The lowest BCUT2D eigenvalue weighted by atomic mass is 10.0. The van der Waals surface area contributed by atoms with Crippen molar-refractivity contribution < 1.29 is 9.90 Å². The molecule has 3 nitrogen and oxygen atoms in total. The van der Waals surface area contributed by atoms with E-state index in [-0.39, 0.29) is 5.57 Å². The maximum atomic E-state index is 10.7. The number of hydrogen-bond donors (Lipinski definition) is 1. The highest BCUT2D eigenvalue weighted by Crippen LogP contribution is 2.18. The molecule has 3 heteroatoms. The summed E-state index contributed by atoms with van der Waals surface area (Å²) in [4.78, 5) is 15.0. The van der Waals surface area contributed by atoms with Crippen molar-refractivity contribution >= 4 is 11.5 Å². The molecule has 1 rings (SSSR count). The van der Waals surface area contributed by atoms with Crippen LogP contribution in [0.4, 0.5) is 0 Å². The topological polar surface area (TPSA) is 50.2 Å². The van der Waals surface area contributed by atoms with Gasteiger partial charge in [0, 0.05) is 11.4 Å². The Hall–Kier alpha value is -2.16. The molecule has 0 aromatic carbocycles. The van der Waals surface area contributed by atoms with Crippen LogP contribution in [0, 0.1) is 13.8 Å². The molecule has 0 aliphatic carbocycles. The van der Waals surface area contributed by atoms with Crippen LogP contribution in [0.3, 0.4) is 0 Å². The highest BCUT2D eigenvalue weighted by atomic mass is 16.4. The van der Waals surface area contributed by atoms with E-state index in [1.165, 1.54) is 6.08 Å². The van der Waals surface area contributed by atoms with Gasteiger partial charge in [-0.15, -0.1) is 0 Å². The Morgan fingerprint density at radius 1 is 1.28 bits per heavy atom. The van der Waals surface area contributed by atoms with Gasteiger partial charge in [0.05, 0.1) is 5.57 Å². The molecule has 0 saturated carbocycles. The van der Waals surface area contributed by atoms with E-state index in [9.17, 15) is 4.79 Å². The van der Waals surface area contributed by atoms with Crippen molar-refractivity contribution in [2.45, 2.75) is 20.8 Å². The fourth-order valence-corrected chi connectivity index (χ4v) is 1.62. The lowest BCUT2D eigenvalue weighted by Crippen LogP contribution is -1.95. The maximum Gasteiger partial charge on any atom is 0.335 e. The molecule has 0 fully saturated rings. The van der Waals surface area contributed by atoms with Crippen molar-refractivity contribution in [1.82, 2.24) is 4.98 Å². The third kappa shape index (κ3) is 3.70. The zero-order valence-corrected chi connectivity index (χ0v) is 10.9. The van der Waals surface area contributed by atoms with Crippen LogP contribution >= 0.6 is 0 Å². The van der Waals surface area contributed by atoms with Gasteiger partial charge in [-0.05, 0) is 50.1 Å². The first-order chi connectivity index (χ1) is 8.43. The Morgan fingerprint density at radius 2 is 1.83 bits per heavy atom. The van der Waals surface area contributed by atoms with Crippen LogP contribution in [-0.4, -0.2) is 16.1 Å². The summed E-state index contributed by atoms with van der Waals surface area (Å²) in [6, 6.07) is 3.94. The molecule has 0 radical (unpaired) electrons. The number of aryl methyl sites for hydroxylation is 2. The zero-order valence-electron chi connectivity index (χ0n) is 10.9. The molecule has 0 unspecified atom stereocenters. The number of carbonyl (C=O) groups is 1. The number of hydrogen-bond acceptors (Lipinski definition) is 2. The smallest absolute Gasteiger partial charge is 0.335 e. The van der Waals surface area contributed by atoms with Gasteiger partial charge < -0.3 is 5.11 Å². The molecule has 1 heterocycles. The van der Waals surface area contributed by atoms with Gasteiger partial charge in [-0.1, -0.05) is 18.7 Å². The second-order valence-electron chi connectivity index (χ2n) is 4.05. The predicted molar refractivity (Wildman–Crippen MR) is 73.3 cm³/mol. The van der Waals surface area contributed by atoms with E-state index < -0.39 is 5.97 Å². The second-order valence-corrected chi connectivity index (χ2v) is 4.05. The summed E-state index contributed by atoms with van der Waals surface area (Å²) in [7, 11) is 0. The second kappa shape index (κ2) is 5.96. The predicted octanol–water partition coefficient (Wildman–Crippen LogP) is 3.30. The number of rotatable bonds is 4. The van der Waals surface area contributed by atoms with Crippen LogP contribution < -0.4 is 0 Å². The van der Waals surface area contributed by atoms with E-state index in [1.807, 2.05) is 39.0 Å². The minimum absolute atomic E-state index is 0.0665. The minimum Gasteiger partial charge on any atom is -0.478 e. The number of carboxylic acid groups (broad SMARTS) is 1. The molecule has 1 N–H and O–H groups in total. The van der Waals surface area contributed by atoms with Crippen LogP contribution in [0.2, 0.25) is 0 Å². The molecule has 1 aromatic rings. The van der Waals surface area contributed by atoms with Gasteiger partial charge in [0.2, 0.25) is 0 Å². The molecular weight excluding hydrogens is 226 g/mol. The Balaban J connectivity index is 3.05. The van der Waals surface area contributed by atoms with Crippen LogP contribution in [0.5, 0.6) is 0 Å². The minimum atomic E-state index is -1.01. The average molecular weight is 243 g/mol. The van der Waals surface area contributed by atoms with Crippen molar-refractivity contribution in [1.29, 1.82) is 0 Å². The number of aliphatic carboxylic acids is 1. The number of pyridine rings is 1. The average Bonchev–Trinajstić information content (AvgIpc) is 2.28. The van der Waals surface area contributed by atoms with Gasteiger partial charge in [-0.25, -0.2) is 4.79 Å². The molecule has 0 amide bonds. The third-order valence-corrected chi connectivity index (χ3v) is 2.46. The Kier molecular flexibility index (Phi) is 4.60. The summed E-state index contributed by atoms with van der Waals surface area (Å²) in [6.07, 6.45) is 5.19. The molecule has 0 saturated heterocycles. The van der Waals surface area contributed by atoms with Crippen molar-refractivity contribution in [2.75, 3.05) is 0 Å². The molecule has 0 atom stereocenters. The number of carboxylic acids is 1. The van der Waals surface area contributed by atoms with E-state index in [2.05, 4.69) is 11.6 Å². The molecule has 18 heavy (non-hydrogen) atoms. The molecule has 0 aliphatic heterocycles. The number of aromatic nitrogens is 1. The number of allylic oxidation sites excluding steroid dienone is 3. The standard InChI is InChI=1S/C15H17NO2/c1-5-13(7-6-10(2)15(17)18)14-8-11(3)16-12(4)9-14/h5-9H,2H2,1,3-4H3,(H,17,18)/b7-6-,13-5+. The molecule has 1 aromatic heterocycles. The maximum absolute atomic E-state index is 10.7. The molecule has 0 spiro atoms. The van der Waals surface area contributed by atoms with Crippen molar-refractivity contribution in [3.8, 4) is 0 Å². The zero-order chi connectivity index (χ0) is 13.7. The van der Waals surface area contributed by atoms with Crippen molar-refractivity contribution in [3.05, 3.63) is 59.5 Å². The lowest BCUT2D eigenvalue weighted by Gasteiger charge is -2.05. The molecular formula is C15H17NO2. The summed E-state index contributed by atoms with van der Waals surface area (Å²) in [5.41, 5.74) is 3.92. The van der Waals surface area contributed by atoms with Gasteiger partial charge in [-0.3, -0.25) is 4.98 Å². The Bertz CT molecular complexity index is 519. The summed E-state index contributed by atoms with van der Waals surface area (Å²) in [5.74, 6) is -1.01. The fraction of sp³-hybridized carbons (Fsp3) is 0.200. The summed E-state index contributed by atoms with van der Waals surface area (Å²) in [5, 5.41) is 8.75. The van der Waals surface area contributed by atoms with Crippen molar-refractivity contribution in [2.24, 2.45) is 0 Å². The normalized spacial score (nSPS) is 11.8. The van der Waals surface area contributed by atoms with Gasteiger partial charge in [-0.2, -0.15) is 0 Å². The highest BCUT2D eigenvalue weighted by Gasteiger charge is 2.02. The first kappa shape index (κ1) is 13.9. The van der Waals surface area contributed by atoms with E-state index >= 15 is 0 Å². The van der Waals surface area contributed by atoms with Gasteiger partial charge in [0.25, 0.3) is 0 Å². The Labute approximate surface area is 107 Å². The van der Waals surface area contributed by atoms with Gasteiger partial charge in [0.1, 0.15) is 0 Å². The van der Waals surface area contributed by atoms with Crippen LogP contribution in [0.1, 0.15) is 23.9 Å². The van der Waals surface area contributed by atoms with Crippen LogP contribution in [-0.2, 0) is 4.79 Å². The van der Waals surface area contributed by atoms with E-state index in [4.69, 9.17) is 5.11 Å². The summed E-state index contributed by atoms with van der Waals surface area (Å²) in [6.45, 7) is 9.24.